The Morgan fingerprint density at radius 3 is 1.93 bits per heavy atom. The monoisotopic (exact) mass is 201 g/mol. The standard InChI is InChI=1S/C5H9N.C4H8O2.C2H6/c1-4-2-6-3-5(1)4;1-3-6-4(2)5;1-2/h4-6H,1-3H2;3H2,1-2H3;1-2H3. The molecule has 1 N–H and O–H groups in total. The number of rotatable bonds is 1. The summed E-state index contributed by atoms with van der Waals surface area (Å²) in [6.07, 6.45) is 1.52. The fourth-order valence-corrected chi connectivity index (χ4v) is 1.47. The topological polar surface area (TPSA) is 38.3 Å². The number of hydrogen-bond donors (Lipinski definition) is 1. The SMILES string of the molecule is C1NCC2CC12.CC.CCOC(C)=O. The first-order chi connectivity index (χ1) is 6.74. The van der Waals surface area contributed by atoms with Crippen molar-refractivity contribution in [3.8, 4) is 0 Å². The molecule has 0 amide bonds. The van der Waals surface area contributed by atoms with E-state index < -0.39 is 0 Å². The van der Waals surface area contributed by atoms with Gasteiger partial charge in [0, 0.05) is 6.92 Å². The first-order valence-electron chi connectivity index (χ1n) is 5.58. The number of piperidine rings is 1. The first-order valence-corrected chi connectivity index (χ1v) is 5.58. The third-order valence-corrected chi connectivity index (χ3v) is 2.23. The van der Waals surface area contributed by atoms with Crippen molar-refractivity contribution in [2.24, 2.45) is 11.8 Å². The molecule has 84 valence electrons. The molecule has 1 saturated carbocycles. The Morgan fingerprint density at radius 2 is 1.86 bits per heavy atom. The Bertz CT molecular complexity index is 151. The lowest BCUT2D eigenvalue weighted by atomic mass is 10.4. The Hall–Kier alpha value is -0.570. The molecule has 2 aliphatic rings. The fourth-order valence-electron chi connectivity index (χ4n) is 1.47. The third kappa shape index (κ3) is 5.97. The molecule has 2 fully saturated rings. The van der Waals surface area contributed by atoms with Gasteiger partial charge >= 0.3 is 5.97 Å². The van der Waals surface area contributed by atoms with Gasteiger partial charge in [-0.1, -0.05) is 13.8 Å². The number of carbonyl (C=O) groups excluding carboxylic acids is 1. The lowest BCUT2D eigenvalue weighted by Crippen LogP contribution is -2.10. The van der Waals surface area contributed by atoms with Crippen LogP contribution in [0.3, 0.4) is 0 Å². The van der Waals surface area contributed by atoms with Crippen molar-refractivity contribution in [3.05, 3.63) is 0 Å². The molecule has 0 bridgehead atoms. The smallest absolute Gasteiger partial charge is 0.302 e. The highest BCUT2D eigenvalue weighted by Gasteiger charge is 2.40. The Morgan fingerprint density at radius 1 is 1.36 bits per heavy atom. The quantitative estimate of drug-likeness (QED) is 0.658. The van der Waals surface area contributed by atoms with Crippen molar-refractivity contribution in [1.82, 2.24) is 5.32 Å². The van der Waals surface area contributed by atoms with Crippen LogP contribution in [0.2, 0.25) is 0 Å². The zero-order valence-corrected chi connectivity index (χ0v) is 9.80. The van der Waals surface area contributed by atoms with E-state index in [1.165, 1.54) is 26.4 Å². The molecule has 0 spiro atoms. The summed E-state index contributed by atoms with van der Waals surface area (Å²) in [6, 6.07) is 0. The molecule has 1 heterocycles. The molecule has 2 rings (SSSR count). The molecule has 0 aromatic heterocycles. The average Bonchev–Trinajstić information content (AvgIpc) is 2.78. The van der Waals surface area contributed by atoms with E-state index in [4.69, 9.17) is 0 Å². The van der Waals surface area contributed by atoms with Gasteiger partial charge in [0.25, 0.3) is 0 Å². The van der Waals surface area contributed by atoms with E-state index in [0.29, 0.717) is 6.61 Å². The molecule has 14 heavy (non-hydrogen) atoms. The normalized spacial score (nSPS) is 26.0. The maximum absolute atomic E-state index is 9.82. The molecule has 1 aliphatic heterocycles. The summed E-state index contributed by atoms with van der Waals surface area (Å²) in [4.78, 5) is 9.82. The molecule has 1 aliphatic carbocycles. The molecule has 0 radical (unpaired) electrons. The number of fused-ring (bicyclic) bond motifs is 1. The molecule has 2 unspecified atom stereocenters. The number of hydrogen-bond acceptors (Lipinski definition) is 3. The molecule has 1 saturated heterocycles. The first kappa shape index (κ1) is 13.4. The highest BCUT2D eigenvalue weighted by atomic mass is 16.5. The van der Waals surface area contributed by atoms with E-state index in [-0.39, 0.29) is 5.97 Å². The van der Waals surface area contributed by atoms with Crippen LogP contribution in [-0.4, -0.2) is 25.7 Å². The maximum atomic E-state index is 9.82. The van der Waals surface area contributed by atoms with E-state index in [0.717, 1.165) is 11.8 Å². The van der Waals surface area contributed by atoms with E-state index >= 15 is 0 Å². The van der Waals surface area contributed by atoms with Crippen molar-refractivity contribution in [2.45, 2.75) is 34.1 Å². The molecule has 2 atom stereocenters. The van der Waals surface area contributed by atoms with Gasteiger partial charge in [-0.25, -0.2) is 0 Å². The van der Waals surface area contributed by atoms with Crippen LogP contribution >= 0.6 is 0 Å². The van der Waals surface area contributed by atoms with E-state index in [1.807, 2.05) is 13.8 Å². The van der Waals surface area contributed by atoms with E-state index in [1.54, 1.807) is 6.92 Å². The van der Waals surface area contributed by atoms with Gasteiger partial charge in [0.2, 0.25) is 0 Å². The molecule has 3 heteroatoms. The summed E-state index contributed by atoms with van der Waals surface area (Å²) in [7, 11) is 0. The Labute approximate surface area is 87.2 Å². The summed E-state index contributed by atoms with van der Waals surface area (Å²) in [6.45, 7) is 10.3. The predicted molar refractivity (Wildman–Crippen MR) is 58.1 cm³/mol. The number of nitrogens with one attached hydrogen (secondary N) is 1. The Kier molecular flexibility index (Phi) is 7.48. The highest BCUT2D eigenvalue weighted by Crippen LogP contribution is 2.40. The van der Waals surface area contributed by atoms with Crippen molar-refractivity contribution in [3.63, 3.8) is 0 Å². The minimum atomic E-state index is -0.211. The number of ether oxygens (including phenoxy) is 1. The second-order valence-corrected chi connectivity index (χ2v) is 3.34. The van der Waals surface area contributed by atoms with Crippen LogP contribution in [0.5, 0.6) is 0 Å². The summed E-state index contributed by atoms with van der Waals surface area (Å²) < 4.78 is 4.40. The molecular formula is C11H23NO2. The molecule has 3 nitrogen and oxygen atoms in total. The van der Waals surface area contributed by atoms with Crippen LogP contribution < -0.4 is 5.32 Å². The van der Waals surface area contributed by atoms with Gasteiger partial charge in [-0.3, -0.25) is 4.79 Å². The van der Waals surface area contributed by atoms with Gasteiger partial charge in [0.15, 0.2) is 0 Å². The van der Waals surface area contributed by atoms with Crippen LogP contribution in [-0.2, 0) is 9.53 Å². The zero-order chi connectivity index (χ0) is 11.0. The lowest BCUT2D eigenvalue weighted by molar-refractivity contribution is -0.140. The predicted octanol–water partition coefficient (Wildman–Crippen LogP) is 1.82. The minimum absolute atomic E-state index is 0.211. The van der Waals surface area contributed by atoms with Crippen LogP contribution in [0.4, 0.5) is 0 Å². The van der Waals surface area contributed by atoms with Gasteiger partial charge in [0.05, 0.1) is 6.61 Å². The van der Waals surface area contributed by atoms with Gasteiger partial charge in [-0.05, 0) is 38.3 Å². The molecule has 0 aromatic rings. The molecule has 0 aromatic carbocycles. The molecular weight excluding hydrogens is 178 g/mol. The van der Waals surface area contributed by atoms with Gasteiger partial charge in [-0.2, -0.15) is 0 Å². The summed E-state index contributed by atoms with van der Waals surface area (Å²) in [5.74, 6) is 1.99. The summed E-state index contributed by atoms with van der Waals surface area (Å²) in [5, 5.41) is 3.32. The van der Waals surface area contributed by atoms with E-state index in [9.17, 15) is 4.79 Å². The fraction of sp³-hybridized carbons (Fsp3) is 0.909. The van der Waals surface area contributed by atoms with Gasteiger partial charge in [0.1, 0.15) is 0 Å². The zero-order valence-electron chi connectivity index (χ0n) is 9.80. The maximum Gasteiger partial charge on any atom is 0.302 e. The minimum Gasteiger partial charge on any atom is -0.466 e. The van der Waals surface area contributed by atoms with Gasteiger partial charge in [-0.15, -0.1) is 0 Å². The van der Waals surface area contributed by atoms with Crippen LogP contribution in [0.25, 0.3) is 0 Å². The second kappa shape index (κ2) is 7.80. The second-order valence-electron chi connectivity index (χ2n) is 3.34. The van der Waals surface area contributed by atoms with Crippen molar-refractivity contribution in [1.29, 1.82) is 0 Å². The largest absolute Gasteiger partial charge is 0.466 e. The Balaban J connectivity index is 0.000000206. The lowest BCUT2D eigenvalue weighted by Gasteiger charge is -1.89. The third-order valence-electron chi connectivity index (χ3n) is 2.23. The number of esters is 1. The van der Waals surface area contributed by atoms with Crippen LogP contribution in [0.15, 0.2) is 0 Å². The average molecular weight is 201 g/mol. The van der Waals surface area contributed by atoms with Crippen LogP contribution in [0.1, 0.15) is 34.1 Å². The van der Waals surface area contributed by atoms with Gasteiger partial charge < -0.3 is 10.1 Å². The van der Waals surface area contributed by atoms with Crippen molar-refractivity contribution >= 4 is 5.97 Å². The highest BCUT2D eigenvalue weighted by molar-refractivity contribution is 5.65. The van der Waals surface area contributed by atoms with E-state index in [2.05, 4.69) is 10.1 Å². The van der Waals surface area contributed by atoms with Crippen molar-refractivity contribution in [2.75, 3.05) is 19.7 Å². The van der Waals surface area contributed by atoms with Crippen molar-refractivity contribution < 1.29 is 9.53 Å². The number of carbonyl (C=O) groups is 1. The summed E-state index contributed by atoms with van der Waals surface area (Å²) >= 11 is 0. The van der Waals surface area contributed by atoms with Crippen LogP contribution in [0, 0.1) is 11.8 Å². The summed E-state index contributed by atoms with van der Waals surface area (Å²) in [5.41, 5.74) is 0.